The summed E-state index contributed by atoms with van der Waals surface area (Å²) in [4.78, 5) is 10.3. The lowest BCUT2D eigenvalue weighted by atomic mass is 10.1. The molecule has 0 atom stereocenters. The van der Waals surface area contributed by atoms with Crippen LogP contribution in [0.2, 0.25) is 0 Å². The first-order valence-corrected chi connectivity index (χ1v) is 5.26. The average Bonchev–Trinajstić information content (AvgIpc) is 2.20. The monoisotopic (exact) mass is 232 g/mol. The molecular formula is C12H15F3O. The van der Waals surface area contributed by atoms with Crippen molar-refractivity contribution in [3.05, 3.63) is 12.2 Å². The molecule has 0 bridgehead atoms. The van der Waals surface area contributed by atoms with Crippen molar-refractivity contribution in [2.75, 3.05) is 0 Å². The van der Waals surface area contributed by atoms with E-state index in [4.69, 9.17) is 0 Å². The van der Waals surface area contributed by atoms with E-state index in [2.05, 4.69) is 12.8 Å². The quantitative estimate of drug-likeness (QED) is 0.401. The molecule has 0 spiro atoms. The maximum absolute atomic E-state index is 11.7. The van der Waals surface area contributed by atoms with E-state index in [9.17, 15) is 18.0 Å². The lowest BCUT2D eigenvalue weighted by Gasteiger charge is -1.95. The molecule has 0 aliphatic rings. The predicted octanol–water partition coefficient (Wildman–Crippen LogP) is 3.65. The minimum atomic E-state index is -4.85. The molecule has 90 valence electrons. The first-order chi connectivity index (χ1) is 7.48. The van der Waals surface area contributed by atoms with Crippen molar-refractivity contribution >= 4 is 5.78 Å². The van der Waals surface area contributed by atoms with Crippen LogP contribution < -0.4 is 0 Å². The van der Waals surface area contributed by atoms with Crippen LogP contribution in [0.1, 0.15) is 39.0 Å². The fourth-order valence-electron chi connectivity index (χ4n) is 1.01. The summed E-state index contributed by atoms with van der Waals surface area (Å²) >= 11 is 0. The molecule has 0 aliphatic carbocycles. The van der Waals surface area contributed by atoms with E-state index >= 15 is 0 Å². The maximum atomic E-state index is 11.7. The third kappa shape index (κ3) is 8.10. The second kappa shape index (κ2) is 7.98. The molecule has 0 fully saturated rings. The minimum absolute atomic E-state index is 0.787. The highest BCUT2D eigenvalue weighted by Gasteiger charge is 2.36. The van der Waals surface area contributed by atoms with Crippen LogP contribution in [0.3, 0.4) is 0 Å². The van der Waals surface area contributed by atoms with Crippen LogP contribution in [0.5, 0.6) is 0 Å². The highest BCUT2D eigenvalue weighted by atomic mass is 19.4. The van der Waals surface area contributed by atoms with Crippen molar-refractivity contribution < 1.29 is 18.0 Å². The minimum Gasteiger partial charge on any atom is -0.275 e. The van der Waals surface area contributed by atoms with Gasteiger partial charge in [-0.25, -0.2) is 0 Å². The van der Waals surface area contributed by atoms with Crippen molar-refractivity contribution in [3.8, 4) is 11.8 Å². The number of rotatable bonds is 5. The molecule has 0 unspecified atom stereocenters. The van der Waals surface area contributed by atoms with Gasteiger partial charge in [0.2, 0.25) is 0 Å². The Morgan fingerprint density at radius 2 is 1.94 bits per heavy atom. The van der Waals surface area contributed by atoms with Crippen molar-refractivity contribution in [3.63, 3.8) is 0 Å². The van der Waals surface area contributed by atoms with E-state index in [0.29, 0.717) is 0 Å². The Hall–Kier alpha value is -1.24. The van der Waals surface area contributed by atoms with Gasteiger partial charge in [-0.2, -0.15) is 13.2 Å². The van der Waals surface area contributed by atoms with Gasteiger partial charge in [0.1, 0.15) is 0 Å². The normalized spacial score (nSPS) is 11.2. The number of Topliss-reactive ketones (excluding diaryl/α,β-unsaturated/α-hetero) is 1. The van der Waals surface area contributed by atoms with Crippen LogP contribution in [0, 0.1) is 11.8 Å². The first-order valence-electron chi connectivity index (χ1n) is 5.26. The third-order valence-electron chi connectivity index (χ3n) is 1.87. The molecule has 0 amide bonds. The Balaban J connectivity index is 3.76. The van der Waals surface area contributed by atoms with Gasteiger partial charge in [0.05, 0.1) is 0 Å². The summed E-state index contributed by atoms with van der Waals surface area (Å²) < 4.78 is 35.1. The first kappa shape index (κ1) is 14.8. The number of hydrogen-bond donors (Lipinski definition) is 0. The van der Waals surface area contributed by atoms with Crippen molar-refractivity contribution in [1.82, 2.24) is 0 Å². The topological polar surface area (TPSA) is 17.1 Å². The van der Waals surface area contributed by atoms with Gasteiger partial charge in [0.25, 0.3) is 0 Å². The van der Waals surface area contributed by atoms with Crippen molar-refractivity contribution in [2.45, 2.75) is 45.2 Å². The summed E-state index contributed by atoms with van der Waals surface area (Å²) in [5.74, 6) is 1.61. The van der Waals surface area contributed by atoms with Crippen LogP contribution in [0.4, 0.5) is 13.2 Å². The molecule has 0 aromatic carbocycles. The second-order valence-corrected chi connectivity index (χ2v) is 3.35. The van der Waals surface area contributed by atoms with E-state index in [0.717, 1.165) is 32.1 Å². The number of halogens is 3. The van der Waals surface area contributed by atoms with Crippen molar-refractivity contribution in [1.29, 1.82) is 0 Å². The highest BCUT2D eigenvalue weighted by Crippen LogP contribution is 2.14. The number of allylic oxidation sites excluding steroid dienone is 2. The molecule has 0 aromatic heterocycles. The van der Waals surface area contributed by atoms with Gasteiger partial charge in [0, 0.05) is 0 Å². The smallest absolute Gasteiger partial charge is 0.275 e. The van der Waals surface area contributed by atoms with E-state index in [1.54, 1.807) is 6.08 Å². The van der Waals surface area contributed by atoms with E-state index < -0.39 is 12.0 Å². The molecule has 0 rings (SSSR count). The zero-order valence-corrected chi connectivity index (χ0v) is 9.23. The van der Waals surface area contributed by atoms with Gasteiger partial charge in [-0.1, -0.05) is 38.2 Å². The van der Waals surface area contributed by atoms with Gasteiger partial charge in [-0.3, -0.25) is 4.79 Å². The summed E-state index contributed by atoms with van der Waals surface area (Å²) in [5.41, 5.74) is 0. The molecule has 0 N–H and O–H groups in total. The van der Waals surface area contributed by atoms with Gasteiger partial charge in [-0.05, 0) is 24.8 Å². The molecule has 0 aromatic rings. The predicted molar refractivity (Wildman–Crippen MR) is 56.7 cm³/mol. The molecule has 1 nitrogen and oxygen atoms in total. The largest absolute Gasteiger partial charge is 0.462 e. The SMILES string of the molecule is CCCCCC/C=C/C#CC(=O)C(F)(F)F. The summed E-state index contributed by atoms with van der Waals surface area (Å²) in [7, 11) is 0. The number of alkyl halides is 3. The Bertz CT molecular complexity index is 292. The lowest BCUT2D eigenvalue weighted by Crippen LogP contribution is -2.20. The lowest BCUT2D eigenvalue weighted by molar-refractivity contribution is -0.164. The number of ketones is 1. The van der Waals surface area contributed by atoms with Gasteiger partial charge < -0.3 is 0 Å². The highest BCUT2D eigenvalue weighted by molar-refractivity contribution is 5.99. The summed E-state index contributed by atoms with van der Waals surface area (Å²) in [6.45, 7) is 2.10. The summed E-state index contributed by atoms with van der Waals surface area (Å²) in [5, 5.41) is 0. The Morgan fingerprint density at radius 3 is 2.50 bits per heavy atom. The maximum Gasteiger partial charge on any atom is 0.462 e. The van der Waals surface area contributed by atoms with Crippen LogP contribution >= 0.6 is 0 Å². The molecule has 16 heavy (non-hydrogen) atoms. The van der Waals surface area contributed by atoms with E-state index in [1.165, 1.54) is 12.0 Å². The molecule has 0 radical (unpaired) electrons. The van der Waals surface area contributed by atoms with Gasteiger partial charge >= 0.3 is 12.0 Å². The number of hydrogen-bond acceptors (Lipinski definition) is 1. The molecule has 4 heteroatoms. The number of carbonyl (C=O) groups is 1. The fourth-order valence-corrected chi connectivity index (χ4v) is 1.01. The Kier molecular flexibility index (Phi) is 7.36. The zero-order chi connectivity index (χ0) is 12.4. The zero-order valence-electron chi connectivity index (χ0n) is 9.23. The van der Waals surface area contributed by atoms with Crippen LogP contribution in [-0.4, -0.2) is 12.0 Å². The number of unbranched alkanes of at least 4 members (excludes halogenated alkanes) is 4. The second-order valence-electron chi connectivity index (χ2n) is 3.35. The fraction of sp³-hybridized carbons (Fsp3) is 0.583. The summed E-state index contributed by atoms with van der Waals surface area (Å²) in [6, 6.07) is 0. The third-order valence-corrected chi connectivity index (χ3v) is 1.87. The van der Waals surface area contributed by atoms with E-state index in [-0.39, 0.29) is 0 Å². The molecule has 0 saturated heterocycles. The Morgan fingerprint density at radius 1 is 1.25 bits per heavy atom. The van der Waals surface area contributed by atoms with E-state index in [1.807, 2.05) is 0 Å². The Labute approximate surface area is 93.7 Å². The van der Waals surface area contributed by atoms with Gasteiger partial charge in [-0.15, -0.1) is 0 Å². The van der Waals surface area contributed by atoms with Crippen LogP contribution in [0.25, 0.3) is 0 Å². The molecule has 0 saturated carbocycles. The number of carbonyl (C=O) groups excluding carboxylic acids is 1. The van der Waals surface area contributed by atoms with Crippen LogP contribution in [0.15, 0.2) is 12.2 Å². The average molecular weight is 232 g/mol. The molecular weight excluding hydrogens is 217 g/mol. The molecule has 0 heterocycles. The van der Waals surface area contributed by atoms with Gasteiger partial charge in [0.15, 0.2) is 0 Å². The van der Waals surface area contributed by atoms with Crippen molar-refractivity contribution in [2.24, 2.45) is 0 Å². The summed E-state index contributed by atoms with van der Waals surface area (Å²) in [6.07, 6.45) is 3.34. The standard InChI is InChI=1S/C12H15F3O/c1-2-3-4-5-6-7-8-9-10-11(16)12(13,14)15/h7-8H,2-6H2,1H3/b8-7+. The molecule has 0 aliphatic heterocycles. The van der Waals surface area contributed by atoms with Crippen LogP contribution in [-0.2, 0) is 4.79 Å².